The van der Waals surface area contributed by atoms with Crippen LogP contribution in [-0.4, -0.2) is 21.7 Å². The smallest absolute Gasteiger partial charge is 0.270 e. The molecule has 8 nitrogen and oxygen atoms in total. The lowest BCUT2D eigenvalue weighted by Crippen LogP contribution is -2.07. The molecule has 1 heterocycles. The van der Waals surface area contributed by atoms with E-state index >= 15 is 0 Å². The van der Waals surface area contributed by atoms with E-state index in [9.17, 15) is 19.7 Å². The number of hydrogen-bond acceptors (Lipinski definition) is 6. The summed E-state index contributed by atoms with van der Waals surface area (Å²) in [5.74, 6) is -0.568. The second kappa shape index (κ2) is 7.75. The molecule has 3 aromatic rings. The number of benzene rings is 2. The predicted octanol–water partition coefficient (Wildman–Crippen LogP) is 3.81. The van der Waals surface area contributed by atoms with Crippen molar-refractivity contribution in [2.45, 2.75) is 6.92 Å². The number of rotatable bonds is 5. The standard InChI is InChI=1S/C18H14N4O4S/c1-11(23)19-13-6-7-15-16(10-13)27-18(20-15)21-17(24)8-5-12-3-2-4-14(9-12)22(25)26/h2-10H,1H3,(H,19,23)(H,20,21,24). The molecule has 0 bridgehead atoms. The summed E-state index contributed by atoms with van der Waals surface area (Å²) in [5.41, 5.74) is 1.86. The van der Waals surface area contributed by atoms with E-state index in [1.54, 1.807) is 30.3 Å². The van der Waals surface area contributed by atoms with E-state index in [2.05, 4.69) is 15.6 Å². The summed E-state index contributed by atoms with van der Waals surface area (Å²) in [6.45, 7) is 1.43. The Hall–Kier alpha value is -3.59. The highest BCUT2D eigenvalue weighted by Crippen LogP contribution is 2.28. The van der Waals surface area contributed by atoms with Crippen LogP contribution >= 0.6 is 11.3 Å². The molecule has 2 amide bonds. The lowest BCUT2D eigenvalue weighted by atomic mass is 10.2. The van der Waals surface area contributed by atoms with Gasteiger partial charge in [0, 0.05) is 30.8 Å². The second-order valence-corrected chi connectivity index (χ2v) is 6.59. The molecule has 9 heteroatoms. The minimum atomic E-state index is -0.492. The van der Waals surface area contributed by atoms with Gasteiger partial charge >= 0.3 is 0 Å². The van der Waals surface area contributed by atoms with Crippen molar-refractivity contribution >= 4 is 56.0 Å². The number of amides is 2. The minimum absolute atomic E-state index is 0.0429. The average Bonchev–Trinajstić information content (AvgIpc) is 3.01. The molecule has 1 aromatic heterocycles. The van der Waals surface area contributed by atoms with Gasteiger partial charge in [0.25, 0.3) is 5.69 Å². The molecular weight excluding hydrogens is 368 g/mol. The van der Waals surface area contributed by atoms with E-state index in [1.165, 1.54) is 42.5 Å². The van der Waals surface area contributed by atoms with Gasteiger partial charge in [0.1, 0.15) is 0 Å². The number of non-ortho nitro benzene ring substituents is 1. The first-order chi connectivity index (χ1) is 12.9. The molecule has 0 unspecified atom stereocenters. The summed E-state index contributed by atoms with van der Waals surface area (Å²) in [7, 11) is 0. The van der Waals surface area contributed by atoms with E-state index in [4.69, 9.17) is 0 Å². The Bertz CT molecular complexity index is 1070. The SMILES string of the molecule is CC(=O)Nc1ccc2nc(NC(=O)C=Cc3cccc([N+](=O)[O-])c3)sc2c1. The highest BCUT2D eigenvalue weighted by Gasteiger charge is 2.08. The van der Waals surface area contributed by atoms with Crippen molar-refractivity contribution in [3.63, 3.8) is 0 Å². The number of aromatic nitrogens is 1. The summed E-state index contributed by atoms with van der Waals surface area (Å²) < 4.78 is 0.819. The van der Waals surface area contributed by atoms with Crippen molar-refractivity contribution in [2.24, 2.45) is 0 Å². The number of nitrogens with one attached hydrogen (secondary N) is 2. The predicted molar refractivity (Wildman–Crippen MR) is 105 cm³/mol. The maximum Gasteiger partial charge on any atom is 0.270 e. The number of carbonyl (C=O) groups excluding carboxylic acids is 2. The van der Waals surface area contributed by atoms with Crippen molar-refractivity contribution in [3.05, 3.63) is 64.2 Å². The fraction of sp³-hybridized carbons (Fsp3) is 0.0556. The number of fused-ring (bicyclic) bond motifs is 1. The minimum Gasteiger partial charge on any atom is -0.326 e. The van der Waals surface area contributed by atoms with Crippen LogP contribution in [0.2, 0.25) is 0 Å². The first-order valence-electron chi connectivity index (χ1n) is 7.82. The summed E-state index contributed by atoms with van der Waals surface area (Å²) in [4.78, 5) is 37.8. The summed E-state index contributed by atoms with van der Waals surface area (Å²) in [5, 5.41) is 16.5. The lowest BCUT2D eigenvalue weighted by molar-refractivity contribution is -0.384. The van der Waals surface area contributed by atoms with Gasteiger partial charge in [0.05, 0.1) is 15.1 Å². The van der Waals surface area contributed by atoms with Gasteiger partial charge in [-0.1, -0.05) is 23.5 Å². The topological polar surface area (TPSA) is 114 Å². The lowest BCUT2D eigenvalue weighted by Gasteiger charge is -1.99. The Balaban J connectivity index is 1.71. The van der Waals surface area contributed by atoms with Crippen LogP contribution in [0, 0.1) is 10.1 Å². The molecule has 0 spiro atoms. The molecule has 0 aliphatic carbocycles. The van der Waals surface area contributed by atoms with E-state index in [0.717, 1.165) is 4.70 Å². The van der Waals surface area contributed by atoms with Crippen LogP contribution in [0.1, 0.15) is 12.5 Å². The first-order valence-corrected chi connectivity index (χ1v) is 8.64. The van der Waals surface area contributed by atoms with E-state index < -0.39 is 10.8 Å². The average molecular weight is 382 g/mol. The zero-order valence-corrected chi connectivity index (χ0v) is 14.9. The summed E-state index contributed by atoms with van der Waals surface area (Å²) in [6, 6.07) is 11.2. The number of anilines is 2. The van der Waals surface area contributed by atoms with Crippen LogP contribution in [0.3, 0.4) is 0 Å². The quantitative estimate of drug-likeness (QED) is 0.396. The Morgan fingerprint density at radius 1 is 1.19 bits per heavy atom. The van der Waals surface area contributed by atoms with Crippen LogP contribution < -0.4 is 10.6 Å². The Kier molecular flexibility index (Phi) is 5.23. The number of thiazole rings is 1. The monoisotopic (exact) mass is 382 g/mol. The summed E-state index contributed by atoms with van der Waals surface area (Å²) >= 11 is 1.28. The third-order valence-corrected chi connectivity index (χ3v) is 4.38. The molecule has 0 saturated carbocycles. The molecule has 0 aliphatic rings. The maximum atomic E-state index is 12.1. The van der Waals surface area contributed by atoms with E-state index in [-0.39, 0.29) is 11.6 Å². The van der Waals surface area contributed by atoms with Crippen LogP contribution in [0.5, 0.6) is 0 Å². The number of hydrogen-bond donors (Lipinski definition) is 2. The Labute approximate surface area is 157 Å². The van der Waals surface area contributed by atoms with E-state index in [0.29, 0.717) is 21.9 Å². The third kappa shape index (κ3) is 4.73. The molecule has 0 radical (unpaired) electrons. The van der Waals surface area contributed by atoms with Gasteiger partial charge in [-0.05, 0) is 29.8 Å². The number of nitro groups is 1. The Morgan fingerprint density at radius 2 is 2.00 bits per heavy atom. The first kappa shape index (κ1) is 18.2. The Morgan fingerprint density at radius 3 is 2.74 bits per heavy atom. The largest absolute Gasteiger partial charge is 0.326 e. The third-order valence-electron chi connectivity index (χ3n) is 3.45. The van der Waals surface area contributed by atoms with Crippen LogP contribution in [0.4, 0.5) is 16.5 Å². The van der Waals surface area contributed by atoms with Crippen molar-refractivity contribution in [1.82, 2.24) is 4.98 Å². The molecule has 2 N–H and O–H groups in total. The molecule has 2 aromatic carbocycles. The van der Waals surface area contributed by atoms with Crippen LogP contribution in [-0.2, 0) is 9.59 Å². The van der Waals surface area contributed by atoms with Gasteiger partial charge in [-0.15, -0.1) is 0 Å². The van der Waals surface area contributed by atoms with Crippen LogP contribution in [0.15, 0.2) is 48.5 Å². The number of nitro benzene ring substituents is 1. The van der Waals surface area contributed by atoms with Crippen molar-refractivity contribution in [2.75, 3.05) is 10.6 Å². The normalized spacial score (nSPS) is 10.9. The van der Waals surface area contributed by atoms with Gasteiger partial charge in [0.15, 0.2) is 5.13 Å². The van der Waals surface area contributed by atoms with Crippen molar-refractivity contribution in [1.29, 1.82) is 0 Å². The molecule has 0 atom stereocenters. The molecule has 136 valence electrons. The molecule has 0 aliphatic heterocycles. The van der Waals surface area contributed by atoms with Crippen molar-refractivity contribution in [3.8, 4) is 0 Å². The number of nitrogens with zero attached hydrogens (tertiary/aromatic N) is 2. The van der Waals surface area contributed by atoms with Crippen molar-refractivity contribution < 1.29 is 14.5 Å². The fourth-order valence-corrected chi connectivity index (χ4v) is 3.23. The highest BCUT2D eigenvalue weighted by atomic mass is 32.1. The maximum absolute atomic E-state index is 12.1. The van der Waals surface area contributed by atoms with Gasteiger partial charge in [-0.25, -0.2) is 4.98 Å². The van der Waals surface area contributed by atoms with Gasteiger partial charge in [-0.3, -0.25) is 25.0 Å². The fourth-order valence-electron chi connectivity index (χ4n) is 2.32. The highest BCUT2D eigenvalue weighted by molar-refractivity contribution is 7.22. The van der Waals surface area contributed by atoms with E-state index in [1.807, 2.05) is 0 Å². The zero-order valence-electron chi connectivity index (χ0n) is 14.1. The number of carbonyl (C=O) groups is 2. The van der Waals surface area contributed by atoms with Gasteiger partial charge < -0.3 is 5.32 Å². The van der Waals surface area contributed by atoms with Crippen LogP contribution in [0.25, 0.3) is 16.3 Å². The molecular formula is C18H14N4O4S. The van der Waals surface area contributed by atoms with Gasteiger partial charge in [-0.2, -0.15) is 0 Å². The second-order valence-electron chi connectivity index (χ2n) is 5.56. The molecule has 27 heavy (non-hydrogen) atoms. The molecule has 3 rings (SSSR count). The molecule has 0 fully saturated rings. The molecule has 0 saturated heterocycles. The zero-order chi connectivity index (χ0) is 19.4. The summed E-state index contributed by atoms with van der Waals surface area (Å²) in [6.07, 6.45) is 2.78. The van der Waals surface area contributed by atoms with Gasteiger partial charge in [0.2, 0.25) is 11.8 Å².